The zero-order valence-electron chi connectivity index (χ0n) is 12.8. The molecule has 0 radical (unpaired) electrons. The number of ether oxygens (including phenoxy) is 1. The van der Waals surface area contributed by atoms with Gasteiger partial charge in [-0.25, -0.2) is 0 Å². The van der Waals surface area contributed by atoms with Gasteiger partial charge in [0, 0.05) is 0 Å². The average molecular weight is 302 g/mol. The zero-order chi connectivity index (χ0) is 15.2. The van der Waals surface area contributed by atoms with Crippen LogP contribution in [0.25, 0.3) is 11.1 Å². The second-order valence-corrected chi connectivity index (χ2v) is 9.85. The molecule has 3 aromatic carbocycles. The molecule has 0 aromatic heterocycles. The van der Waals surface area contributed by atoms with E-state index in [0.717, 1.165) is 5.75 Å². The first kappa shape index (κ1) is 13.3. The van der Waals surface area contributed by atoms with Crippen LogP contribution in [0.1, 0.15) is 0 Å². The maximum atomic E-state index is 5.32. The molecule has 22 heavy (non-hydrogen) atoms. The van der Waals surface area contributed by atoms with Gasteiger partial charge in [0.1, 0.15) is 13.8 Å². The van der Waals surface area contributed by atoms with Crippen LogP contribution in [-0.4, -0.2) is 15.2 Å². The lowest BCUT2D eigenvalue weighted by molar-refractivity contribution is 0.415. The average Bonchev–Trinajstić information content (AvgIpc) is 2.86. The Morgan fingerprint density at radius 1 is 0.682 bits per heavy atom. The molecule has 2 heteroatoms. The summed E-state index contributed by atoms with van der Waals surface area (Å²) in [4.78, 5) is 0. The highest BCUT2D eigenvalue weighted by Gasteiger charge is 2.42. The molecule has 0 unspecified atom stereocenters. The number of hydrogen-bond acceptors (Lipinski definition) is 1. The minimum atomic E-state index is -1.89. The number of benzene rings is 3. The van der Waals surface area contributed by atoms with Crippen LogP contribution in [0, 0.1) is 0 Å². The van der Waals surface area contributed by atoms with Gasteiger partial charge in [-0.3, -0.25) is 0 Å². The molecule has 0 bridgehead atoms. The predicted molar refractivity (Wildman–Crippen MR) is 95.4 cm³/mol. The van der Waals surface area contributed by atoms with Crippen LogP contribution in [0.15, 0.2) is 72.8 Å². The van der Waals surface area contributed by atoms with E-state index in [2.05, 4.69) is 79.3 Å². The van der Waals surface area contributed by atoms with E-state index in [4.69, 9.17) is 4.74 Å². The summed E-state index contributed by atoms with van der Waals surface area (Å²) in [5, 5.41) is 4.47. The van der Waals surface area contributed by atoms with E-state index in [1.807, 2.05) is 0 Å². The molecule has 0 saturated heterocycles. The van der Waals surface area contributed by atoms with Crippen molar-refractivity contribution in [2.75, 3.05) is 7.11 Å². The van der Waals surface area contributed by atoms with Gasteiger partial charge in [0.15, 0.2) is 0 Å². The highest BCUT2D eigenvalue weighted by Crippen LogP contribution is 2.28. The van der Waals surface area contributed by atoms with Crippen LogP contribution in [0.3, 0.4) is 0 Å². The Balaban J connectivity index is 2.00. The normalized spacial score (nSPS) is 14.3. The van der Waals surface area contributed by atoms with Gasteiger partial charge in [0.05, 0.1) is 7.11 Å². The molecular formula is C20H18OSi. The molecule has 0 saturated carbocycles. The summed E-state index contributed by atoms with van der Waals surface area (Å²) >= 11 is 0. The lowest BCUT2D eigenvalue weighted by Crippen LogP contribution is -2.62. The highest BCUT2D eigenvalue weighted by molar-refractivity contribution is 7.13. The molecule has 4 rings (SSSR count). The van der Waals surface area contributed by atoms with E-state index >= 15 is 0 Å². The molecule has 0 spiro atoms. The van der Waals surface area contributed by atoms with E-state index in [1.54, 1.807) is 7.11 Å². The number of fused-ring (bicyclic) bond motifs is 3. The molecular weight excluding hydrogens is 284 g/mol. The Labute approximate surface area is 132 Å². The van der Waals surface area contributed by atoms with Crippen LogP contribution >= 0.6 is 0 Å². The Morgan fingerprint density at radius 2 is 1.18 bits per heavy atom. The second kappa shape index (κ2) is 4.85. The smallest absolute Gasteiger partial charge is 0.147 e. The van der Waals surface area contributed by atoms with Gasteiger partial charge in [-0.15, -0.1) is 0 Å². The van der Waals surface area contributed by atoms with Crippen molar-refractivity contribution in [2.24, 2.45) is 0 Å². The molecule has 1 aliphatic heterocycles. The first-order valence-corrected chi connectivity index (χ1v) is 10.1. The number of rotatable bonds is 2. The summed E-state index contributed by atoms with van der Waals surface area (Å²) in [5.74, 6) is 0.918. The van der Waals surface area contributed by atoms with Gasteiger partial charge in [0.2, 0.25) is 0 Å². The largest absolute Gasteiger partial charge is 0.497 e. The molecule has 1 nitrogen and oxygen atoms in total. The fourth-order valence-electron chi connectivity index (χ4n) is 3.69. The summed E-state index contributed by atoms with van der Waals surface area (Å²) in [5.41, 5.74) is 2.81. The molecule has 1 heterocycles. The van der Waals surface area contributed by atoms with Crippen molar-refractivity contribution in [1.29, 1.82) is 0 Å². The van der Waals surface area contributed by atoms with E-state index in [9.17, 15) is 0 Å². The standard InChI is InChI=1S/C20H18OSi/c1-21-15-11-13-16(14-12-15)22(2)19-9-5-3-7-17(19)18-8-4-6-10-20(18)22/h3-14H,1-2H3. The maximum absolute atomic E-state index is 5.32. The molecule has 0 atom stereocenters. The minimum absolute atomic E-state index is 0.918. The fraction of sp³-hybridized carbons (Fsp3) is 0.100. The van der Waals surface area contributed by atoms with Crippen molar-refractivity contribution in [3.05, 3.63) is 72.8 Å². The van der Waals surface area contributed by atoms with Gasteiger partial charge in [-0.2, -0.15) is 0 Å². The lowest BCUT2D eigenvalue weighted by Gasteiger charge is -2.25. The maximum Gasteiger partial charge on any atom is 0.147 e. The second-order valence-electron chi connectivity index (χ2n) is 5.94. The summed E-state index contributed by atoms with van der Waals surface area (Å²) < 4.78 is 5.32. The van der Waals surface area contributed by atoms with Crippen molar-refractivity contribution in [3.63, 3.8) is 0 Å². The highest BCUT2D eigenvalue weighted by atomic mass is 28.3. The Bertz CT molecular complexity index is 791. The van der Waals surface area contributed by atoms with Crippen LogP contribution in [-0.2, 0) is 0 Å². The Hall–Kier alpha value is -2.32. The first-order chi connectivity index (χ1) is 10.7. The summed E-state index contributed by atoms with van der Waals surface area (Å²) in [7, 11) is -0.178. The molecule has 108 valence electrons. The van der Waals surface area contributed by atoms with Crippen molar-refractivity contribution in [2.45, 2.75) is 6.55 Å². The van der Waals surface area contributed by atoms with Gasteiger partial charge in [-0.05, 0) is 38.8 Å². The molecule has 0 amide bonds. The van der Waals surface area contributed by atoms with Gasteiger partial charge in [-0.1, -0.05) is 67.2 Å². The third-order valence-electron chi connectivity index (χ3n) is 4.89. The quantitative estimate of drug-likeness (QED) is 0.662. The molecule has 0 fully saturated rings. The summed E-state index contributed by atoms with van der Waals surface area (Å²) in [6, 6.07) is 26.4. The summed E-state index contributed by atoms with van der Waals surface area (Å²) in [6.07, 6.45) is 0. The SMILES string of the molecule is COc1ccc([Si]2(C)c3ccccc3-c3ccccc32)cc1. The third-order valence-corrected chi connectivity index (χ3v) is 9.40. The van der Waals surface area contributed by atoms with Gasteiger partial charge >= 0.3 is 0 Å². The van der Waals surface area contributed by atoms with Crippen LogP contribution < -0.4 is 20.3 Å². The first-order valence-electron chi connectivity index (χ1n) is 7.59. The van der Waals surface area contributed by atoms with E-state index < -0.39 is 8.07 Å². The number of hydrogen-bond donors (Lipinski definition) is 0. The van der Waals surface area contributed by atoms with E-state index in [0.29, 0.717) is 0 Å². The summed E-state index contributed by atoms with van der Waals surface area (Å²) in [6.45, 7) is 2.46. The number of methoxy groups -OCH3 is 1. The third kappa shape index (κ3) is 1.71. The monoisotopic (exact) mass is 302 g/mol. The van der Waals surface area contributed by atoms with Crippen molar-refractivity contribution in [1.82, 2.24) is 0 Å². The van der Waals surface area contributed by atoms with Crippen LogP contribution in [0.4, 0.5) is 0 Å². The van der Waals surface area contributed by atoms with Crippen molar-refractivity contribution >= 4 is 23.6 Å². The Kier molecular flexibility index (Phi) is 2.94. The van der Waals surface area contributed by atoms with Crippen LogP contribution in [0.5, 0.6) is 5.75 Å². The molecule has 0 aliphatic carbocycles. The van der Waals surface area contributed by atoms with Crippen molar-refractivity contribution < 1.29 is 4.74 Å². The van der Waals surface area contributed by atoms with E-state index in [-0.39, 0.29) is 0 Å². The fourth-order valence-corrected chi connectivity index (χ4v) is 7.81. The van der Waals surface area contributed by atoms with Crippen molar-refractivity contribution in [3.8, 4) is 16.9 Å². The van der Waals surface area contributed by atoms with Crippen LogP contribution in [0.2, 0.25) is 6.55 Å². The predicted octanol–water partition coefficient (Wildman–Crippen LogP) is 2.78. The lowest BCUT2D eigenvalue weighted by atomic mass is 10.1. The molecule has 3 aromatic rings. The van der Waals surface area contributed by atoms with E-state index in [1.165, 1.54) is 26.7 Å². The Morgan fingerprint density at radius 3 is 1.68 bits per heavy atom. The zero-order valence-corrected chi connectivity index (χ0v) is 13.8. The molecule has 1 aliphatic rings. The topological polar surface area (TPSA) is 9.23 Å². The molecule has 0 N–H and O–H groups in total. The minimum Gasteiger partial charge on any atom is -0.497 e. The van der Waals surface area contributed by atoms with Gasteiger partial charge in [0.25, 0.3) is 0 Å². The van der Waals surface area contributed by atoms with Gasteiger partial charge < -0.3 is 4.74 Å².